The maximum atomic E-state index is 13.3. The predicted molar refractivity (Wildman–Crippen MR) is 117 cm³/mol. The lowest BCUT2D eigenvalue weighted by Crippen LogP contribution is -2.25. The van der Waals surface area contributed by atoms with Crippen LogP contribution in [0.2, 0.25) is 0 Å². The lowest BCUT2D eigenvalue weighted by molar-refractivity contribution is 0.0988. The highest BCUT2D eigenvalue weighted by atomic mass is 32.1. The molecular weight excluding hydrogens is 402 g/mol. The number of anilines is 1. The van der Waals surface area contributed by atoms with Crippen molar-refractivity contribution in [3.05, 3.63) is 72.2 Å². The van der Waals surface area contributed by atoms with Crippen LogP contribution < -0.4 is 14.5 Å². The number of methoxy groups -OCH3 is 1. The Morgan fingerprint density at radius 3 is 2.70 bits per heavy atom. The van der Waals surface area contributed by atoms with Crippen molar-refractivity contribution in [2.45, 2.75) is 6.92 Å². The number of fused-ring (bicyclic) bond motifs is 1. The Bertz CT molecular complexity index is 1170. The molecule has 0 bridgehead atoms. The summed E-state index contributed by atoms with van der Waals surface area (Å²) in [6.45, 7) is 2.47. The van der Waals surface area contributed by atoms with Gasteiger partial charge in [0.15, 0.2) is 0 Å². The van der Waals surface area contributed by atoms with Crippen LogP contribution in [0.3, 0.4) is 0 Å². The van der Waals surface area contributed by atoms with E-state index in [2.05, 4.69) is 10.1 Å². The molecule has 4 aromatic rings. The number of thiazole rings is 1. The lowest BCUT2D eigenvalue weighted by atomic mass is 10.2. The number of hydrazone groups is 1. The first-order valence-corrected chi connectivity index (χ1v) is 10.1. The number of carbonyl (C=O) groups excluding carboxylic acids is 1. The fourth-order valence-electron chi connectivity index (χ4n) is 2.76. The summed E-state index contributed by atoms with van der Waals surface area (Å²) in [5.41, 5.74) is 1.22. The first-order valence-electron chi connectivity index (χ1n) is 9.27. The van der Waals surface area contributed by atoms with E-state index < -0.39 is 0 Å². The summed E-state index contributed by atoms with van der Waals surface area (Å²) in [5.74, 6) is 1.64. The number of furan rings is 1. The monoisotopic (exact) mass is 421 g/mol. The second kappa shape index (κ2) is 8.79. The van der Waals surface area contributed by atoms with Gasteiger partial charge in [0.25, 0.3) is 5.91 Å². The van der Waals surface area contributed by atoms with Crippen LogP contribution in [0.1, 0.15) is 23.0 Å². The van der Waals surface area contributed by atoms with Crippen LogP contribution in [0.15, 0.2) is 70.4 Å². The van der Waals surface area contributed by atoms with Gasteiger partial charge in [-0.1, -0.05) is 11.3 Å². The minimum Gasteiger partial charge on any atom is -0.497 e. The van der Waals surface area contributed by atoms with Crippen LogP contribution >= 0.6 is 11.3 Å². The van der Waals surface area contributed by atoms with Crippen LogP contribution in [0, 0.1) is 0 Å². The summed E-state index contributed by atoms with van der Waals surface area (Å²) in [7, 11) is 1.61. The first kappa shape index (κ1) is 19.7. The second-order valence-corrected chi connectivity index (χ2v) is 7.17. The summed E-state index contributed by atoms with van der Waals surface area (Å²) in [6.07, 6.45) is 3.03. The summed E-state index contributed by atoms with van der Waals surface area (Å²) in [5, 5.41) is 6.08. The van der Waals surface area contributed by atoms with E-state index in [9.17, 15) is 4.79 Å². The summed E-state index contributed by atoms with van der Waals surface area (Å²) < 4.78 is 16.9. The number of hydrogen-bond acceptors (Lipinski definition) is 7. The Kier molecular flexibility index (Phi) is 5.76. The number of carbonyl (C=O) groups is 1. The molecule has 7 nitrogen and oxygen atoms in total. The Balaban J connectivity index is 1.71. The van der Waals surface area contributed by atoms with E-state index >= 15 is 0 Å². The van der Waals surface area contributed by atoms with Crippen molar-refractivity contribution in [3.63, 3.8) is 0 Å². The van der Waals surface area contributed by atoms with Crippen molar-refractivity contribution in [1.29, 1.82) is 0 Å². The van der Waals surface area contributed by atoms with Gasteiger partial charge in [0.1, 0.15) is 17.3 Å². The molecule has 8 heteroatoms. The number of rotatable bonds is 7. The van der Waals surface area contributed by atoms with Crippen molar-refractivity contribution < 1.29 is 18.7 Å². The zero-order chi connectivity index (χ0) is 20.9. The highest BCUT2D eigenvalue weighted by Gasteiger charge is 2.21. The van der Waals surface area contributed by atoms with E-state index in [-0.39, 0.29) is 5.91 Å². The molecule has 1 amide bonds. The van der Waals surface area contributed by atoms with Gasteiger partial charge in [-0.25, -0.2) is 4.98 Å². The largest absolute Gasteiger partial charge is 0.497 e. The lowest BCUT2D eigenvalue weighted by Gasteiger charge is -2.14. The topological polar surface area (TPSA) is 77.2 Å². The van der Waals surface area contributed by atoms with Crippen LogP contribution in [0.5, 0.6) is 11.5 Å². The molecule has 2 aromatic heterocycles. The highest BCUT2D eigenvalue weighted by Crippen LogP contribution is 2.32. The molecule has 0 aliphatic rings. The Morgan fingerprint density at radius 2 is 2.00 bits per heavy atom. The molecular formula is C22H19N3O4S. The molecule has 2 heterocycles. The summed E-state index contributed by atoms with van der Waals surface area (Å²) in [4.78, 5) is 17.8. The van der Waals surface area contributed by atoms with Gasteiger partial charge >= 0.3 is 0 Å². The number of amides is 1. The maximum Gasteiger partial charge on any atom is 0.280 e. The van der Waals surface area contributed by atoms with Crippen LogP contribution in [0.4, 0.5) is 5.13 Å². The third-order valence-corrected chi connectivity index (χ3v) is 5.21. The molecule has 0 saturated heterocycles. The Morgan fingerprint density at radius 1 is 1.20 bits per heavy atom. The SMILES string of the molecule is CCOc1ccc(C(=O)N(/N=C/c2ccco2)c2nc3ccc(OC)cc3s2)cc1. The third kappa shape index (κ3) is 4.18. The van der Waals surface area contributed by atoms with Crippen molar-refractivity contribution in [2.24, 2.45) is 5.10 Å². The third-order valence-electron chi connectivity index (χ3n) is 4.21. The molecule has 4 rings (SSSR count). The van der Waals surface area contributed by atoms with Gasteiger partial charge in [0.2, 0.25) is 5.13 Å². The fraction of sp³-hybridized carbons (Fsp3) is 0.136. The molecule has 0 atom stereocenters. The number of benzene rings is 2. The van der Waals surface area contributed by atoms with E-state index in [0.29, 0.717) is 28.8 Å². The Labute approximate surface area is 177 Å². The summed E-state index contributed by atoms with van der Waals surface area (Å²) in [6, 6.07) is 16.0. The normalized spacial score (nSPS) is 11.1. The summed E-state index contributed by atoms with van der Waals surface area (Å²) >= 11 is 1.35. The zero-order valence-corrected chi connectivity index (χ0v) is 17.3. The molecule has 0 aliphatic heterocycles. The molecule has 0 saturated carbocycles. The molecule has 0 unspecified atom stereocenters. The van der Waals surface area contributed by atoms with Gasteiger partial charge in [0.05, 0.1) is 36.4 Å². The van der Waals surface area contributed by atoms with Gasteiger partial charge in [-0.2, -0.15) is 10.1 Å². The van der Waals surface area contributed by atoms with E-state index in [0.717, 1.165) is 16.0 Å². The second-order valence-electron chi connectivity index (χ2n) is 6.16. The van der Waals surface area contributed by atoms with E-state index in [1.807, 2.05) is 25.1 Å². The molecule has 0 aliphatic carbocycles. The van der Waals surface area contributed by atoms with Gasteiger partial charge < -0.3 is 13.9 Å². The highest BCUT2D eigenvalue weighted by molar-refractivity contribution is 7.22. The Hall–Kier alpha value is -3.65. The molecule has 0 N–H and O–H groups in total. The number of ether oxygens (including phenoxy) is 2. The molecule has 2 aromatic carbocycles. The minimum atomic E-state index is -0.313. The van der Waals surface area contributed by atoms with Crippen molar-refractivity contribution in [2.75, 3.05) is 18.7 Å². The van der Waals surface area contributed by atoms with Crippen LogP contribution in [-0.4, -0.2) is 30.8 Å². The number of hydrogen-bond donors (Lipinski definition) is 0. The van der Waals surface area contributed by atoms with E-state index in [1.165, 1.54) is 22.6 Å². The predicted octanol–water partition coefficient (Wildman–Crippen LogP) is 4.98. The van der Waals surface area contributed by atoms with E-state index in [4.69, 9.17) is 13.9 Å². The average molecular weight is 421 g/mol. The average Bonchev–Trinajstić information content (AvgIpc) is 3.43. The molecule has 152 valence electrons. The van der Waals surface area contributed by atoms with Crippen molar-refractivity contribution >= 4 is 38.8 Å². The zero-order valence-electron chi connectivity index (χ0n) is 16.4. The minimum absolute atomic E-state index is 0.313. The van der Waals surface area contributed by atoms with Gasteiger partial charge in [-0.05, 0) is 61.5 Å². The van der Waals surface area contributed by atoms with Crippen LogP contribution in [-0.2, 0) is 0 Å². The molecule has 30 heavy (non-hydrogen) atoms. The molecule has 0 fully saturated rings. The first-order chi connectivity index (χ1) is 14.7. The van der Waals surface area contributed by atoms with Gasteiger partial charge in [0, 0.05) is 5.56 Å². The standard InChI is InChI=1S/C22H19N3O4S/c1-3-28-16-8-6-15(7-9-16)21(26)25(23-14-18-5-4-12-29-18)22-24-19-11-10-17(27-2)13-20(19)30-22/h4-14H,3H2,1-2H3/b23-14+. The quantitative estimate of drug-likeness (QED) is 0.311. The molecule has 0 radical (unpaired) electrons. The molecule has 0 spiro atoms. The van der Waals surface area contributed by atoms with Crippen LogP contribution in [0.25, 0.3) is 10.2 Å². The van der Waals surface area contributed by atoms with E-state index in [1.54, 1.807) is 49.8 Å². The number of aromatic nitrogens is 1. The fourth-order valence-corrected chi connectivity index (χ4v) is 3.71. The van der Waals surface area contributed by atoms with Gasteiger partial charge in [-0.3, -0.25) is 4.79 Å². The number of nitrogens with zero attached hydrogens (tertiary/aromatic N) is 3. The van der Waals surface area contributed by atoms with Crippen molar-refractivity contribution in [3.8, 4) is 11.5 Å². The maximum absolute atomic E-state index is 13.3. The smallest absolute Gasteiger partial charge is 0.280 e. The van der Waals surface area contributed by atoms with Crippen molar-refractivity contribution in [1.82, 2.24) is 4.98 Å². The van der Waals surface area contributed by atoms with Gasteiger partial charge in [-0.15, -0.1) is 0 Å².